The number of rotatable bonds is 8. The van der Waals surface area contributed by atoms with E-state index in [0.29, 0.717) is 42.1 Å². The highest BCUT2D eigenvalue weighted by Crippen LogP contribution is 2.22. The maximum atomic E-state index is 13.0. The fourth-order valence-corrected chi connectivity index (χ4v) is 3.10. The minimum absolute atomic E-state index is 0.266. The Morgan fingerprint density at radius 3 is 2.19 bits per heavy atom. The number of nitrogens with zero attached hydrogens (tertiary/aromatic N) is 3. The van der Waals surface area contributed by atoms with Crippen LogP contribution in [0.4, 0.5) is 4.39 Å². The van der Waals surface area contributed by atoms with Crippen molar-refractivity contribution in [2.24, 2.45) is 0 Å². The Bertz CT molecular complexity index is 1220. The Kier molecular flexibility index (Phi) is 6.50. The molecule has 0 aliphatic rings. The lowest BCUT2D eigenvalue weighted by Gasteiger charge is -2.07. The molecular formula is C24H21FN4O3. The van der Waals surface area contributed by atoms with Crippen molar-refractivity contribution in [3.63, 3.8) is 0 Å². The van der Waals surface area contributed by atoms with Crippen LogP contribution < -0.4 is 15.0 Å². The van der Waals surface area contributed by atoms with E-state index in [9.17, 15) is 9.18 Å². The summed E-state index contributed by atoms with van der Waals surface area (Å²) in [6.07, 6.45) is 6.65. The highest BCUT2D eigenvalue weighted by atomic mass is 19.1. The number of aromatic nitrogens is 4. The number of hydrogen-bond acceptors (Lipinski definition) is 6. The number of methoxy groups -OCH3 is 1. The summed E-state index contributed by atoms with van der Waals surface area (Å²) in [5, 5.41) is 0. The molecule has 0 bridgehead atoms. The van der Waals surface area contributed by atoms with Gasteiger partial charge in [0.1, 0.15) is 23.1 Å². The average Bonchev–Trinajstić information content (AvgIpc) is 2.82. The highest BCUT2D eigenvalue weighted by Gasteiger charge is 2.07. The van der Waals surface area contributed by atoms with Gasteiger partial charge in [-0.05, 0) is 53.9 Å². The molecule has 0 saturated heterocycles. The number of nitrogens with one attached hydrogen (secondary N) is 1. The van der Waals surface area contributed by atoms with E-state index in [0.717, 1.165) is 11.1 Å². The van der Waals surface area contributed by atoms with E-state index in [1.807, 2.05) is 24.3 Å². The van der Waals surface area contributed by atoms with E-state index in [1.165, 1.54) is 19.2 Å². The van der Waals surface area contributed by atoms with Crippen LogP contribution >= 0.6 is 0 Å². The molecule has 1 N–H and O–H groups in total. The smallest absolute Gasteiger partial charge is 0.316 e. The molecule has 0 amide bonds. The SMILES string of the molecule is COc1ncc(Cc2c[nH]c(CCc3ccc(Oc4ccc(F)cc4)cc3)nc2=O)cn1. The van der Waals surface area contributed by atoms with Crippen LogP contribution in [0.25, 0.3) is 0 Å². The lowest BCUT2D eigenvalue weighted by Crippen LogP contribution is -2.17. The Morgan fingerprint density at radius 1 is 0.906 bits per heavy atom. The first-order chi connectivity index (χ1) is 15.6. The first kappa shape index (κ1) is 21.2. The van der Waals surface area contributed by atoms with Gasteiger partial charge in [-0.2, -0.15) is 4.98 Å². The Balaban J connectivity index is 1.33. The Hall–Kier alpha value is -4.07. The first-order valence-corrected chi connectivity index (χ1v) is 10.0. The molecular weight excluding hydrogens is 411 g/mol. The summed E-state index contributed by atoms with van der Waals surface area (Å²) in [6, 6.07) is 13.8. The third-order valence-electron chi connectivity index (χ3n) is 4.81. The summed E-state index contributed by atoms with van der Waals surface area (Å²) in [6.45, 7) is 0. The lowest BCUT2D eigenvalue weighted by atomic mass is 10.1. The fourth-order valence-electron chi connectivity index (χ4n) is 3.10. The second kappa shape index (κ2) is 9.82. The van der Waals surface area contributed by atoms with E-state index in [-0.39, 0.29) is 17.4 Å². The van der Waals surface area contributed by atoms with Gasteiger partial charge in [0.2, 0.25) is 0 Å². The molecule has 2 aromatic heterocycles. The number of H-pyrrole nitrogens is 1. The van der Waals surface area contributed by atoms with E-state index < -0.39 is 0 Å². The van der Waals surface area contributed by atoms with Gasteiger partial charge in [0.25, 0.3) is 5.56 Å². The fraction of sp³-hybridized carbons (Fsp3) is 0.167. The summed E-state index contributed by atoms with van der Waals surface area (Å²) in [5.74, 6) is 1.56. The van der Waals surface area contributed by atoms with E-state index >= 15 is 0 Å². The molecule has 4 rings (SSSR count). The zero-order valence-corrected chi connectivity index (χ0v) is 17.4. The van der Waals surface area contributed by atoms with Crippen LogP contribution in [-0.2, 0) is 19.3 Å². The van der Waals surface area contributed by atoms with Crippen LogP contribution in [0, 0.1) is 5.82 Å². The largest absolute Gasteiger partial charge is 0.467 e. The van der Waals surface area contributed by atoms with Crippen molar-refractivity contribution >= 4 is 0 Å². The molecule has 162 valence electrons. The molecule has 4 aromatic rings. The van der Waals surface area contributed by atoms with Crippen molar-refractivity contribution in [1.29, 1.82) is 0 Å². The number of aromatic amines is 1. The molecule has 7 nitrogen and oxygen atoms in total. The van der Waals surface area contributed by atoms with Crippen molar-refractivity contribution in [3.05, 3.63) is 106 Å². The second-order valence-electron chi connectivity index (χ2n) is 7.13. The Morgan fingerprint density at radius 2 is 1.56 bits per heavy atom. The van der Waals surface area contributed by atoms with Gasteiger partial charge in [-0.1, -0.05) is 12.1 Å². The van der Waals surface area contributed by atoms with E-state index in [4.69, 9.17) is 9.47 Å². The monoisotopic (exact) mass is 432 g/mol. The third-order valence-corrected chi connectivity index (χ3v) is 4.81. The zero-order chi connectivity index (χ0) is 22.3. The predicted molar refractivity (Wildman–Crippen MR) is 117 cm³/mol. The van der Waals surface area contributed by atoms with Crippen molar-refractivity contribution in [2.75, 3.05) is 7.11 Å². The van der Waals surface area contributed by atoms with Crippen molar-refractivity contribution in [3.8, 4) is 17.5 Å². The van der Waals surface area contributed by atoms with Crippen molar-refractivity contribution < 1.29 is 13.9 Å². The van der Waals surface area contributed by atoms with Gasteiger partial charge in [0.15, 0.2) is 0 Å². The number of hydrogen-bond donors (Lipinski definition) is 1. The summed E-state index contributed by atoms with van der Waals surface area (Å²) in [7, 11) is 1.50. The number of ether oxygens (including phenoxy) is 2. The van der Waals surface area contributed by atoms with Crippen LogP contribution in [0.1, 0.15) is 22.5 Å². The van der Waals surface area contributed by atoms with Gasteiger partial charge < -0.3 is 14.5 Å². The number of benzene rings is 2. The van der Waals surface area contributed by atoms with E-state index in [2.05, 4.69) is 19.9 Å². The van der Waals surface area contributed by atoms with E-state index in [1.54, 1.807) is 30.7 Å². The molecule has 0 unspecified atom stereocenters. The minimum Gasteiger partial charge on any atom is -0.467 e. The van der Waals surface area contributed by atoms with Crippen LogP contribution in [-0.4, -0.2) is 27.0 Å². The molecule has 0 aliphatic heterocycles. The summed E-state index contributed by atoms with van der Waals surface area (Å²) >= 11 is 0. The average molecular weight is 432 g/mol. The maximum absolute atomic E-state index is 13.0. The van der Waals surface area contributed by atoms with Gasteiger partial charge in [0, 0.05) is 37.0 Å². The zero-order valence-electron chi connectivity index (χ0n) is 17.4. The molecule has 0 aliphatic carbocycles. The van der Waals surface area contributed by atoms with Crippen molar-refractivity contribution in [1.82, 2.24) is 19.9 Å². The van der Waals surface area contributed by atoms with Crippen LogP contribution in [0.5, 0.6) is 17.5 Å². The van der Waals surface area contributed by atoms with Gasteiger partial charge in [-0.15, -0.1) is 0 Å². The van der Waals surface area contributed by atoms with Gasteiger partial charge in [-0.25, -0.2) is 14.4 Å². The molecule has 2 aromatic carbocycles. The van der Waals surface area contributed by atoms with Gasteiger partial charge in [0.05, 0.1) is 7.11 Å². The normalized spacial score (nSPS) is 10.7. The van der Waals surface area contributed by atoms with Gasteiger partial charge in [-0.3, -0.25) is 4.79 Å². The quantitative estimate of drug-likeness (QED) is 0.455. The molecule has 2 heterocycles. The number of halogens is 1. The molecule has 8 heteroatoms. The molecule has 0 atom stereocenters. The Labute approximate surface area is 183 Å². The molecule has 0 radical (unpaired) electrons. The highest BCUT2D eigenvalue weighted by molar-refractivity contribution is 5.33. The number of aryl methyl sites for hydroxylation is 2. The molecule has 0 saturated carbocycles. The molecule has 0 fully saturated rings. The van der Waals surface area contributed by atoms with Crippen LogP contribution in [0.2, 0.25) is 0 Å². The summed E-state index contributed by atoms with van der Waals surface area (Å²) < 4.78 is 23.6. The van der Waals surface area contributed by atoms with Crippen molar-refractivity contribution in [2.45, 2.75) is 19.3 Å². The predicted octanol–water partition coefficient (Wildman–Crippen LogP) is 3.88. The maximum Gasteiger partial charge on any atom is 0.316 e. The minimum atomic E-state index is -0.304. The van der Waals surface area contributed by atoms with Crippen LogP contribution in [0.3, 0.4) is 0 Å². The summed E-state index contributed by atoms with van der Waals surface area (Å²) in [4.78, 5) is 27.7. The summed E-state index contributed by atoms with van der Waals surface area (Å²) in [5.41, 5.74) is 2.16. The topological polar surface area (TPSA) is 90.0 Å². The first-order valence-electron chi connectivity index (χ1n) is 10.0. The third kappa shape index (κ3) is 5.54. The lowest BCUT2D eigenvalue weighted by molar-refractivity contribution is 0.379. The molecule has 32 heavy (non-hydrogen) atoms. The van der Waals surface area contributed by atoms with Gasteiger partial charge >= 0.3 is 6.01 Å². The molecule has 0 spiro atoms. The van der Waals surface area contributed by atoms with Crippen LogP contribution in [0.15, 0.2) is 71.9 Å². The standard InChI is InChI=1S/C24H21FN4O3/c1-31-24-27-13-17(14-28-24)12-18-15-26-22(29-23(18)30)11-4-16-2-7-20(8-3-16)32-21-9-5-19(25)6-10-21/h2-3,5-10,13-15H,4,11-12H2,1H3,(H,26,29,30). The second-order valence-corrected chi connectivity index (χ2v) is 7.13.